The first-order chi connectivity index (χ1) is 9.15. The van der Waals surface area contributed by atoms with Crippen molar-refractivity contribution in [3.63, 3.8) is 0 Å². The van der Waals surface area contributed by atoms with Gasteiger partial charge in [-0.25, -0.2) is 9.37 Å². The first-order valence-electron chi connectivity index (χ1n) is 5.97. The van der Waals surface area contributed by atoms with Crippen molar-refractivity contribution in [1.29, 1.82) is 0 Å². The third-order valence-corrected chi connectivity index (χ3v) is 3.62. The number of H-pyrrole nitrogens is 1. The number of pyridine rings is 1. The van der Waals surface area contributed by atoms with Crippen LogP contribution in [0.25, 0.3) is 0 Å². The van der Waals surface area contributed by atoms with E-state index in [2.05, 4.69) is 15.2 Å². The molecule has 1 aliphatic heterocycles. The summed E-state index contributed by atoms with van der Waals surface area (Å²) < 4.78 is 13.3. The van der Waals surface area contributed by atoms with Crippen LogP contribution in [0.15, 0.2) is 18.3 Å². The van der Waals surface area contributed by atoms with Gasteiger partial charge in [-0.15, -0.1) is 5.10 Å². The van der Waals surface area contributed by atoms with Crippen LogP contribution >= 0.6 is 11.6 Å². The number of aromatic amines is 1. The van der Waals surface area contributed by atoms with E-state index in [9.17, 15) is 9.50 Å². The summed E-state index contributed by atoms with van der Waals surface area (Å²) in [6, 6.07) is 2.89. The topological polar surface area (TPSA) is 65.0 Å². The van der Waals surface area contributed by atoms with E-state index in [-0.39, 0.29) is 11.9 Å². The number of rotatable bonds is 2. The summed E-state index contributed by atoms with van der Waals surface area (Å²) in [5.74, 6) is 0.225. The number of hydrogen-bond acceptors (Lipinski definition) is 4. The molecule has 5 nitrogen and oxygen atoms in total. The molecule has 0 aliphatic carbocycles. The highest BCUT2D eigenvalue weighted by atomic mass is 35.5. The van der Waals surface area contributed by atoms with Gasteiger partial charge in [0.25, 0.3) is 0 Å². The molecule has 0 saturated carbocycles. The summed E-state index contributed by atoms with van der Waals surface area (Å²) in [6.07, 6.45) is 2.91. The number of halogens is 2. The van der Waals surface area contributed by atoms with Crippen molar-refractivity contribution in [3.8, 4) is 5.88 Å². The van der Waals surface area contributed by atoms with Crippen molar-refractivity contribution in [2.24, 2.45) is 0 Å². The number of nitrogens with zero attached hydrogens (tertiary/aromatic N) is 3. The van der Waals surface area contributed by atoms with E-state index in [0.29, 0.717) is 16.5 Å². The van der Waals surface area contributed by atoms with Gasteiger partial charge in [-0.1, -0.05) is 11.6 Å². The van der Waals surface area contributed by atoms with Crippen LogP contribution in [0, 0.1) is 5.82 Å². The van der Waals surface area contributed by atoms with E-state index in [1.54, 1.807) is 6.07 Å². The molecule has 0 aromatic carbocycles. The van der Waals surface area contributed by atoms with Crippen molar-refractivity contribution >= 4 is 17.4 Å². The van der Waals surface area contributed by atoms with Gasteiger partial charge in [-0.05, 0) is 18.9 Å². The predicted molar refractivity (Wildman–Crippen MR) is 68.8 cm³/mol. The van der Waals surface area contributed by atoms with Gasteiger partial charge in [0, 0.05) is 18.2 Å². The molecule has 1 fully saturated rings. The van der Waals surface area contributed by atoms with E-state index in [0.717, 1.165) is 25.6 Å². The van der Waals surface area contributed by atoms with E-state index in [4.69, 9.17) is 11.6 Å². The smallest absolute Gasteiger partial charge is 0.232 e. The Labute approximate surface area is 114 Å². The number of hydrogen-bond donors (Lipinski definition) is 2. The van der Waals surface area contributed by atoms with E-state index in [1.807, 2.05) is 4.90 Å². The molecular weight excluding hydrogens is 271 g/mol. The lowest BCUT2D eigenvalue weighted by Crippen LogP contribution is -2.23. The van der Waals surface area contributed by atoms with Crippen LogP contribution in [0.3, 0.4) is 0 Å². The Balaban J connectivity index is 1.97. The molecule has 3 heterocycles. The van der Waals surface area contributed by atoms with Crippen molar-refractivity contribution < 1.29 is 9.50 Å². The second-order valence-electron chi connectivity index (χ2n) is 4.50. The summed E-state index contributed by atoms with van der Waals surface area (Å²) in [6.45, 7) is 0.791. The van der Waals surface area contributed by atoms with Crippen LogP contribution in [-0.4, -0.2) is 26.8 Å². The quantitative estimate of drug-likeness (QED) is 0.831. The fraction of sp³-hybridized carbons (Fsp3) is 0.333. The Bertz CT molecular complexity index is 603. The maximum Gasteiger partial charge on any atom is 0.232 e. The molecule has 2 N–H and O–H groups in total. The van der Waals surface area contributed by atoms with E-state index >= 15 is 0 Å². The highest BCUT2D eigenvalue weighted by Gasteiger charge is 2.29. The normalized spacial score (nSPS) is 19.1. The molecule has 2 aromatic rings. The molecule has 0 bridgehead atoms. The SMILES string of the molecule is Oc1cc(N2CCC[C@@H]2c2cc(F)cnc2Cl)[nH]n1. The molecule has 0 amide bonds. The Morgan fingerprint density at radius 1 is 1.47 bits per heavy atom. The lowest BCUT2D eigenvalue weighted by molar-refractivity contribution is 0.452. The minimum Gasteiger partial charge on any atom is -0.492 e. The monoisotopic (exact) mass is 282 g/mol. The maximum absolute atomic E-state index is 13.3. The van der Waals surface area contributed by atoms with Gasteiger partial charge < -0.3 is 10.0 Å². The maximum atomic E-state index is 13.3. The molecule has 19 heavy (non-hydrogen) atoms. The molecule has 0 unspecified atom stereocenters. The molecule has 1 aliphatic rings. The third-order valence-electron chi connectivity index (χ3n) is 3.30. The summed E-state index contributed by atoms with van der Waals surface area (Å²) >= 11 is 6.05. The standard InChI is InChI=1S/C12H12ClFN4O/c13-12-8(4-7(14)6-15-12)9-2-1-3-18(9)10-5-11(19)17-16-10/h4-6,9H,1-3H2,(H2,16,17,19)/t9-/m1/s1. The molecule has 1 saturated heterocycles. The van der Waals surface area contributed by atoms with Crippen LogP contribution in [0.2, 0.25) is 5.15 Å². The number of aromatic hydroxyl groups is 1. The van der Waals surface area contributed by atoms with Gasteiger partial charge in [0.2, 0.25) is 5.88 Å². The fourth-order valence-corrected chi connectivity index (χ4v) is 2.73. The van der Waals surface area contributed by atoms with Gasteiger partial charge in [-0.2, -0.15) is 0 Å². The molecule has 3 rings (SSSR count). The van der Waals surface area contributed by atoms with Crippen molar-refractivity contribution in [2.45, 2.75) is 18.9 Å². The van der Waals surface area contributed by atoms with Crippen LogP contribution in [0.4, 0.5) is 10.2 Å². The van der Waals surface area contributed by atoms with Crippen molar-refractivity contribution in [1.82, 2.24) is 15.2 Å². The molecule has 0 radical (unpaired) electrons. The minimum atomic E-state index is -0.404. The van der Waals surface area contributed by atoms with E-state index < -0.39 is 5.82 Å². The first-order valence-corrected chi connectivity index (χ1v) is 6.35. The summed E-state index contributed by atoms with van der Waals surface area (Å²) in [4.78, 5) is 5.85. The summed E-state index contributed by atoms with van der Waals surface area (Å²) in [7, 11) is 0. The highest BCUT2D eigenvalue weighted by Crippen LogP contribution is 2.38. The lowest BCUT2D eigenvalue weighted by atomic mass is 10.1. The number of aromatic nitrogens is 3. The number of nitrogens with one attached hydrogen (secondary N) is 1. The van der Waals surface area contributed by atoms with Gasteiger partial charge in [0.15, 0.2) is 0 Å². The van der Waals surface area contributed by atoms with Crippen LogP contribution in [-0.2, 0) is 0 Å². The summed E-state index contributed by atoms with van der Waals surface area (Å²) in [5, 5.41) is 16.1. The Morgan fingerprint density at radius 3 is 3.05 bits per heavy atom. The molecule has 0 spiro atoms. The third kappa shape index (κ3) is 2.23. The average Bonchev–Trinajstić information content (AvgIpc) is 3.00. The average molecular weight is 283 g/mol. The molecular formula is C12H12ClFN4O. The lowest BCUT2D eigenvalue weighted by Gasteiger charge is -2.25. The predicted octanol–water partition coefficient (Wildman–Crippen LogP) is 2.64. The molecule has 7 heteroatoms. The fourth-order valence-electron chi connectivity index (χ4n) is 2.50. The number of anilines is 1. The zero-order valence-electron chi connectivity index (χ0n) is 9.98. The van der Waals surface area contributed by atoms with Gasteiger partial charge in [-0.3, -0.25) is 5.10 Å². The van der Waals surface area contributed by atoms with E-state index in [1.165, 1.54) is 6.07 Å². The van der Waals surface area contributed by atoms with Crippen LogP contribution in [0.1, 0.15) is 24.4 Å². The Hall–Kier alpha value is -1.82. The summed E-state index contributed by atoms with van der Waals surface area (Å²) in [5.41, 5.74) is 0.660. The highest BCUT2D eigenvalue weighted by molar-refractivity contribution is 6.30. The molecule has 2 aromatic heterocycles. The Kier molecular flexibility index (Phi) is 3.02. The van der Waals surface area contributed by atoms with Gasteiger partial charge in [0.05, 0.1) is 12.2 Å². The second kappa shape index (κ2) is 4.70. The van der Waals surface area contributed by atoms with Crippen LogP contribution < -0.4 is 4.90 Å². The molecule has 100 valence electrons. The van der Waals surface area contributed by atoms with Gasteiger partial charge >= 0.3 is 0 Å². The van der Waals surface area contributed by atoms with Gasteiger partial charge in [0.1, 0.15) is 16.8 Å². The largest absolute Gasteiger partial charge is 0.492 e. The Morgan fingerprint density at radius 2 is 2.32 bits per heavy atom. The van der Waals surface area contributed by atoms with Crippen molar-refractivity contribution in [3.05, 3.63) is 34.9 Å². The zero-order valence-corrected chi connectivity index (χ0v) is 10.7. The molecule has 1 atom stereocenters. The first kappa shape index (κ1) is 12.2. The zero-order chi connectivity index (χ0) is 13.4. The van der Waals surface area contributed by atoms with Crippen LogP contribution in [0.5, 0.6) is 5.88 Å². The second-order valence-corrected chi connectivity index (χ2v) is 4.85. The minimum absolute atomic E-state index is 0.0597. The van der Waals surface area contributed by atoms with Crippen molar-refractivity contribution in [2.75, 3.05) is 11.4 Å².